The van der Waals surface area contributed by atoms with Gasteiger partial charge in [0.1, 0.15) is 6.10 Å². The number of nitrogens with one attached hydrogen (secondary N) is 1. The van der Waals surface area contributed by atoms with E-state index in [4.69, 9.17) is 18.9 Å². The number of morpholine rings is 1. The first-order chi connectivity index (χ1) is 9.43. The largest absolute Gasteiger partial charge is 0.388 e. The van der Waals surface area contributed by atoms with Crippen LogP contribution in [0, 0.1) is 0 Å². The Kier molecular flexibility index (Phi) is 7.94. The van der Waals surface area contributed by atoms with Crippen LogP contribution < -0.4 is 5.32 Å². The Balaban J connectivity index is 2.08. The van der Waals surface area contributed by atoms with Crippen molar-refractivity contribution in [1.82, 2.24) is 5.32 Å². The van der Waals surface area contributed by atoms with Gasteiger partial charge in [-0.3, -0.25) is 0 Å². The maximum atomic E-state index is 9.75. The number of rotatable bonds is 9. The molecule has 0 amide bonds. The van der Waals surface area contributed by atoms with Crippen molar-refractivity contribution in [3.8, 4) is 0 Å². The highest BCUT2D eigenvalue weighted by Crippen LogP contribution is 2.15. The number of ether oxygens (including phenoxy) is 4. The minimum absolute atomic E-state index is 0.0265. The van der Waals surface area contributed by atoms with Gasteiger partial charge >= 0.3 is 0 Å². The first-order valence-corrected chi connectivity index (χ1v) is 7.18. The lowest BCUT2D eigenvalue weighted by Gasteiger charge is -2.36. The van der Waals surface area contributed by atoms with Crippen molar-refractivity contribution in [1.29, 1.82) is 0 Å². The maximum absolute atomic E-state index is 9.75. The average molecular weight is 291 g/mol. The maximum Gasteiger partial charge on any atom is 0.101 e. The number of hydrogen-bond donors (Lipinski definition) is 2. The molecule has 1 saturated heterocycles. The van der Waals surface area contributed by atoms with Gasteiger partial charge in [0.25, 0.3) is 0 Å². The molecule has 1 fully saturated rings. The van der Waals surface area contributed by atoms with Crippen LogP contribution in [0.2, 0.25) is 0 Å². The third kappa shape index (κ3) is 7.52. The minimum Gasteiger partial charge on any atom is -0.388 e. The highest BCUT2D eigenvalue weighted by atomic mass is 16.6. The zero-order chi connectivity index (χ0) is 15.0. The van der Waals surface area contributed by atoms with Crippen LogP contribution in [0.15, 0.2) is 0 Å². The van der Waals surface area contributed by atoms with Crippen molar-refractivity contribution < 1.29 is 24.1 Å². The summed E-state index contributed by atoms with van der Waals surface area (Å²) in [5, 5.41) is 13.1. The topological polar surface area (TPSA) is 69.2 Å². The smallest absolute Gasteiger partial charge is 0.101 e. The predicted octanol–water partition coefficient (Wildman–Crippen LogP) is 0.182. The lowest BCUT2D eigenvalue weighted by Crippen LogP contribution is -2.52. The van der Waals surface area contributed by atoms with Gasteiger partial charge in [-0.2, -0.15) is 0 Å². The molecule has 1 aliphatic rings. The third-order valence-corrected chi connectivity index (χ3v) is 3.00. The van der Waals surface area contributed by atoms with Crippen LogP contribution in [-0.2, 0) is 18.9 Å². The van der Waals surface area contributed by atoms with Crippen LogP contribution in [-0.4, -0.2) is 75.6 Å². The van der Waals surface area contributed by atoms with Crippen molar-refractivity contribution in [2.45, 2.75) is 44.7 Å². The zero-order valence-electron chi connectivity index (χ0n) is 13.1. The van der Waals surface area contributed by atoms with Crippen LogP contribution >= 0.6 is 0 Å². The molecule has 0 bridgehead atoms. The van der Waals surface area contributed by atoms with E-state index in [0.717, 1.165) is 13.1 Å². The Morgan fingerprint density at radius 2 is 2.10 bits per heavy atom. The highest BCUT2D eigenvalue weighted by Gasteiger charge is 2.28. The molecule has 2 N–H and O–H groups in total. The summed E-state index contributed by atoms with van der Waals surface area (Å²) in [5.74, 6) is 0. The fraction of sp³-hybridized carbons (Fsp3) is 1.00. The van der Waals surface area contributed by atoms with Crippen molar-refractivity contribution >= 4 is 0 Å². The molecule has 120 valence electrons. The number of hydrogen-bond acceptors (Lipinski definition) is 6. The summed E-state index contributed by atoms with van der Waals surface area (Å²) < 4.78 is 21.7. The first kappa shape index (κ1) is 17.8. The van der Waals surface area contributed by atoms with Crippen molar-refractivity contribution in [2.75, 3.05) is 46.6 Å². The van der Waals surface area contributed by atoms with E-state index in [1.54, 1.807) is 7.11 Å². The van der Waals surface area contributed by atoms with Crippen LogP contribution in [0.25, 0.3) is 0 Å². The Morgan fingerprint density at radius 3 is 2.75 bits per heavy atom. The normalized spacial score (nSPS) is 25.4. The molecule has 6 heteroatoms. The predicted molar refractivity (Wildman–Crippen MR) is 75.9 cm³/mol. The van der Waals surface area contributed by atoms with Crippen molar-refractivity contribution in [3.63, 3.8) is 0 Å². The van der Waals surface area contributed by atoms with Gasteiger partial charge in [-0.05, 0) is 20.8 Å². The molecule has 3 unspecified atom stereocenters. The van der Waals surface area contributed by atoms with Crippen LogP contribution in [0.5, 0.6) is 0 Å². The van der Waals surface area contributed by atoms with Gasteiger partial charge in [-0.25, -0.2) is 0 Å². The van der Waals surface area contributed by atoms with E-state index in [1.165, 1.54) is 0 Å². The molecule has 0 radical (unpaired) electrons. The van der Waals surface area contributed by atoms with Gasteiger partial charge in [-0.15, -0.1) is 0 Å². The SMILES string of the molecule is COCC(C)OCC(O)COCC1CNCC(C)(C)O1. The summed E-state index contributed by atoms with van der Waals surface area (Å²) in [7, 11) is 1.62. The van der Waals surface area contributed by atoms with Gasteiger partial charge in [0.05, 0.1) is 44.2 Å². The summed E-state index contributed by atoms with van der Waals surface area (Å²) in [6.07, 6.45) is -0.625. The van der Waals surface area contributed by atoms with Gasteiger partial charge in [0.2, 0.25) is 0 Å². The molecule has 0 aromatic rings. The van der Waals surface area contributed by atoms with Crippen molar-refractivity contribution in [3.05, 3.63) is 0 Å². The molecule has 0 aromatic heterocycles. The summed E-state index contributed by atoms with van der Waals surface area (Å²) in [6.45, 7) is 9.11. The van der Waals surface area contributed by atoms with Gasteiger partial charge in [0.15, 0.2) is 0 Å². The molecule has 0 aromatic carbocycles. The second-order valence-corrected chi connectivity index (χ2v) is 5.92. The summed E-state index contributed by atoms with van der Waals surface area (Å²) in [6, 6.07) is 0. The molecule has 1 rings (SSSR count). The Bertz CT molecular complexity index is 262. The lowest BCUT2D eigenvalue weighted by molar-refractivity contribution is -0.129. The Hall–Kier alpha value is -0.240. The quantitative estimate of drug-likeness (QED) is 0.632. The van der Waals surface area contributed by atoms with Crippen LogP contribution in [0.3, 0.4) is 0 Å². The van der Waals surface area contributed by atoms with E-state index in [0.29, 0.717) is 13.2 Å². The monoisotopic (exact) mass is 291 g/mol. The molecule has 20 heavy (non-hydrogen) atoms. The summed E-state index contributed by atoms with van der Waals surface area (Å²) in [5.41, 5.74) is -0.163. The molecule has 3 atom stereocenters. The van der Waals surface area contributed by atoms with Crippen molar-refractivity contribution in [2.24, 2.45) is 0 Å². The summed E-state index contributed by atoms with van der Waals surface area (Å²) >= 11 is 0. The van der Waals surface area contributed by atoms with E-state index in [9.17, 15) is 5.11 Å². The fourth-order valence-electron chi connectivity index (χ4n) is 2.10. The van der Waals surface area contributed by atoms with E-state index < -0.39 is 6.10 Å². The number of methoxy groups -OCH3 is 1. The van der Waals surface area contributed by atoms with E-state index in [-0.39, 0.29) is 31.0 Å². The van der Waals surface area contributed by atoms with Crippen LogP contribution in [0.1, 0.15) is 20.8 Å². The second kappa shape index (κ2) is 8.92. The fourth-order valence-corrected chi connectivity index (χ4v) is 2.10. The molecule has 0 saturated carbocycles. The van der Waals surface area contributed by atoms with E-state index >= 15 is 0 Å². The van der Waals surface area contributed by atoms with Gasteiger partial charge < -0.3 is 29.4 Å². The minimum atomic E-state index is -0.626. The summed E-state index contributed by atoms with van der Waals surface area (Å²) in [4.78, 5) is 0. The Morgan fingerprint density at radius 1 is 1.35 bits per heavy atom. The molecule has 6 nitrogen and oxygen atoms in total. The second-order valence-electron chi connectivity index (χ2n) is 5.92. The molecule has 0 aliphatic carbocycles. The molecule has 0 spiro atoms. The molecular weight excluding hydrogens is 262 g/mol. The number of aliphatic hydroxyl groups excluding tert-OH is 1. The zero-order valence-corrected chi connectivity index (χ0v) is 13.1. The average Bonchev–Trinajstić information content (AvgIpc) is 2.35. The molecule has 1 heterocycles. The van der Waals surface area contributed by atoms with Gasteiger partial charge in [-0.1, -0.05) is 0 Å². The highest BCUT2D eigenvalue weighted by molar-refractivity contribution is 4.81. The van der Waals surface area contributed by atoms with E-state index in [2.05, 4.69) is 5.32 Å². The molecular formula is C14H29NO5. The number of aliphatic hydroxyl groups is 1. The lowest BCUT2D eigenvalue weighted by atomic mass is 10.1. The first-order valence-electron chi connectivity index (χ1n) is 7.18. The molecule has 1 aliphatic heterocycles. The van der Waals surface area contributed by atoms with Crippen LogP contribution in [0.4, 0.5) is 0 Å². The van der Waals surface area contributed by atoms with E-state index in [1.807, 2.05) is 20.8 Å². The Labute approximate surface area is 121 Å². The standard InChI is InChI=1S/C14H29NO5/c1-11(6-17-4)19-8-12(16)7-18-9-13-5-15-10-14(2,3)20-13/h11-13,15-16H,5-10H2,1-4H3. The third-order valence-electron chi connectivity index (χ3n) is 3.00. The van der Waals surface area contributed by atoms with Gasteiger partial charge in [0, 0.05) is 20.2 Å².